The zero-order valence-corrected chi connectivity index (χ0v) is 15.6. The summed E-state index contributed by atoms with van der Waals surface area (Å²) in [6.07, 6.45) is 0.356. The summed E-state index contributed by atoms with van der Waals surface area (Å²) in [6.45, 7) is 1.99. The lowest BCUT2D eigenvalue weighted by Gasteiger charge is -2.18. The van der Waals surface area contributed by atoms with E-state index in [1.807, 2.05) is 0 Å². The zero-order valence-electron chi connectivity index (χ0n) is 14.1. The summed E-state index contributed by atoms with van der Waals surface area (Å²) in [5.41, 5.74) is 1.58. The SMILES string of the molecule is Cc1cc(N2CC[C@H](NS(=O)(=O)Cc3ccc(Cl)cc3)C2=O)ccc1F. The van der Waals surface area contributed by atoms with Crippen molar-refractivity contribution in [3.63, 3.8) is 0 Å². The van der Waals surface area contributed by atoms with Crippen molar-refractivity contribution in [1.82, 2.24) is 4.72 Å². The summed E-state index contributed by atoms with van der Waals surface area (Å²) in [6, 6.07) is 10.1. The first kappa shape index (κ1) is 18.8. The van der Waals surface area contributed by atoms with Gasteiger partial charge in [-0.15, -0.1) is 0 Å². The summed E-state index contributed by atoms with van der Waals surface area (Å²) in [7, 11) is -3.68. The van der Waals surface area contributed by atoms with E-state index in [4.69, 9.17) is 11.6 Å². The number of aryl methyl sites for hydroxylation is 1. The second kappa shape index (κ2) is 7.34. The Morgan fingerprint density at radius 1 is 1.23 bits per heavy atom. The second-order valence-electron chi connectivity index (χ2n) is 6.27. The van der Waals surface area contributed by atoms with E-state index < -0.39 is 16.1 Å². The van der Waals surface area contributed by atoms with Gasteiger partial charge in [0, 0.05) is 17.3 Å². The van der Waals surface area contributed by atoms with E-state index in [2.05, 4.69) is 4.72 Å². The lowest BCUT2D eigenvalue weighted by atomic mass is 10.2. The lowest BCUT2D eigenvalue weighted by molar-refractivity contribution is -0.118. The highest BCUT2D eigenvalue weighted by atomic mass is 35.5. The van der Waals surface area contributed by atoms with Crippen molar-refractivity contribution in [3.05, 3.63) is 64.4 Å². The van der Waals surface area contributed by atoms with Crippen LogP contribution in [0.15, 0.2) is 42.5 Å². The molecule has 8 heteroatoms. The van der Waals surface area contributed by atoms with Crippen LogP contribution in [0.4, 0.5) is 10.1 Å². The molecule has 1 aliphatic rings. The van der Waals surface area contributed by atoms with Crippen molar-refractivity contribution in [2.45, 2.75) is 25.1 Å². The third kappa shape index (κ3) is 4.23. The van der Waals surface area contributed by atoms with Crippen LogP contribution in [-0.2, 0) is 20.6 Å². The van der Waals surface area contributed by atoms with Gasteiger partial charge in [-0.3, -0.25) is 4.79 Å². The minimum Gasteiger partial charge on any atom is -0.311 e. The number of nitrogens with one attached hydrogen (secondary N) is 1. The number of nitrogens with zero attached hydrogens (tertiary/aromatic N) is 1. The van der Waals surface area contributed by atoms with Crippen LogP contribution < -0.4 is 9.62 Å². The highest BCUT2D eigenvalue weighted by Gasteiger charge is 2.35. The number of amides is 1. The van der Waals surface area contributed by atoms with Gasteiger partial charge in [0.1, 0.15) is 11.9 Å². The van der Waals surface area contributed by atoms with Gasteiger partial charge >= 0.3 is 0 Å². The molecule has 0 aromatic heterocycles. The number of sulfonamides is 1. The second-order valence-corrected chi connectivity index (χ2v) is 8.46. The number of benzene rings is 2. The number of halogens is 2. The fraction of sp³-hybridized carbons (Fsp3) is 0.278. The number of hydrogen-bond donors (Lipinski definition) is 1. The van der Waals surface area contributed by atoms with E-state index in [0.717, 1.165) is 0 Å². The minimum absolute atomic E-state index is 0.233. The molecule has 1 aliphatic heterocycles. The molecular formula is C18H18ClFN2O3S. The topological polar surface area (TPSA) is 66.5 Å². The van der Waals surface area contributed by atoms with Gasteiger partial charge in [-0.05, 0) is 54.8 Å². The van der Waals surface area contributed by atoms with Gasteiger partial charge in [0.15, 0.2) is 0 Å². The summed E-state index contributed by atoms with van der Waals surface area (Å²) < 4.78 is 40.6. The molecule has 0 saturated carbocycles. The van der Waals surface area contributed by atoms with Gasteiger partial charge in [-0.25, -0.2) is 17.5 Å². The molecular weight excluding hydrogens is 379 g/mol. The van der Waals surface area contributed by atoms with Gasteiger partial charge in [0.2, 0.25) is 15.9 Å². The molecule has 1 atom stereocenters. The highest BCUT2D eigenvalue weighted by Crippen LogP contribution is 2.24. The number of carbonyl (C=O) groups is 1. The Labute approximate surface area is 156 Å². The molecule has 5 nitrogen and oxygen atoms in total. The van der Waals surface area contributed by atoms with Crippen molar-refractivity contribution < 1.29 is 17.6 Å². The third-order valence-electron chi connectivity index (χ3n) is 4.25. The van der Waals surface area contributed by atoms with Gasteiger partial charge in [-0.1, -0.05) is 23.7 Å². The van der Waals surface area contributed by atoms with Crippen LogP contribution in [0.3, 0.4) is 0 Å². The molecule has 0 aliphatic carbocycles. The van der Waals surface area contributed by atoms with Crippen LogP contribution in [-0.4, -0.2) is 26.9 Å². The minimum atomic E-state index is -3.68. The first-order chi connectivity index (χ1) is 12.2. The average Bonchev–Trinajstić information content (AvgIpc) is 2.92. The monoisotopic (exact) mass is 396 g/mol. The molecule has 1 saturated heterocycles. The molecule has 1 heterocycles. The standard InChI is InChI=1S/C18H18ClFN2O3S/c1-12-10-15(6-7-16(12)20)22-9-8-17(18(22)23)21-26(24,25)11-13-2-4-14(19)5-3-13/h2-7,10,17,21H,8-9,11H2,1H3/t17-/m0/s1. The Bertz CT molecular complexity index is 932. The first-order valence-corrected chi connectivity index (χ1v) is 10.1. The molecule has 1 amide bonds. The fourth-order valence-corrected chi connectivity index (χ4v) is 4.39. The maximum atomic E-state index is 13.4. The average molecular weight is 397 g/mol. The molecule has 1 fully saturated rings. The van der Waals surface area contributed by atoms with Crippen molar-refractivity contribution >= 4 is 33.2 Å². The molecule has 26 heavy (non-hydrogen) atoms. The van der Waals surface area contributed by atoms with E-state index in [9.17, 15) is 17.6 Å². The Balaban J connectivity index is 1.69. The maximum Gasteiger partial charge on any atom is 0.245 e. The quantitative estimate of drug-likeness (QED) is 0.844. The molecule has 138 valence electrons. The lowest BCUT2D eigenvalue weighted by Crippen LogP contribution is -2.42. The van der Waals surface area contributed by atoms with Crippen molar-refractivity contribution in [1.29, 1.82) is 0 Å². The van der Waals surface area contributed by atoms with Gasteiger partial charge in [0.25, 0.3) is 0 Å². The van der Waals surface area contributed by atoms with Gasteiger partial charge < -0.3 is 4.90 Å². The molecule has 0 unspecified atom stereocenters. The van der Waals surface area contributed by atoms with E-state index in [-0.39, 0.29) is 17.5 Å². The van der Waals surface area contributed by atoms with E-state index in [1.54, 1.807) is 37.3 Å². The van der Waals surface area contributed by atoms with Crippen LogP contribution in [0.25, 0.3) is 0 Å². The summed E-state index contributed by atoms with van der Waals surface area (Å²) in [4.78, 5) is 14.0. The van der Waals surface area contributed by atoms with Gasteiger partial charge in [-0.2, -0.15) is 0 Å². The van der Waals surface area contributed by atoms with Crippen LogP contribution in [0.1, 0.15) is 17.5 Å². The number of hydrogen-bond acceptors (Lipinski definition) is 3. The Hall–Kier alpha value is -1.96. The Kier molecular flexibility index (Phi) is 5.32. The van der Waals surface area contributed by atoms with E-state index in [0.29, 0.717) is 34.8 Å². The molecule has 0 spiro atoms. The van der Waals surface area contributed by atoms with Crippen LogP contribution in [0.2, 0.25) is 5.02 Å². The number of carbonyl (C=O) groups excluding carboxylic acids is 1. The molecule has 3 rings (SSSR count). The number of anilines is 1. The molecule has 2 aromatic rings. The zero-order chi connectivity index (χ0) is 18.9. The first-order valence-electron chi connectivity index (χ1n) is 8.07. The summed E-state index contributed by atoms with van der Waals surface area (Å²) >= 11 is 5.80. The normalized spacial score (nSPS) is 17.7. The molecule has 1 N–H and O–H groups in total. The van der Waals surface area contributed by atoms with Crippen molar-refractivity contribution in [2.75, 3.05) is 11.4 Å². The van der Waals surface area contributed by atoms with Crippen molar-refractivity contribution in [2.24, 2.45) is 0 Å². The predicted octanol–water partition coefficient (Wildman–Crippen LogP) is 3.01. The van der Waals surface area contributed by atoms with E-state index in [1.165, 1.54) is 17.0 Å². The highest BCUT2D eigenvalue weighted by molar-refractivity contribution is 7.88. The molecule has 0 bridgehead atoms. The van der Waals surface area contributed by atoms with E-state index >= 15 is 0 Å². The largest absolute Gasteiger partial charge is 0.311 e. The third-order valence-corrected chi connectivity index (χ3v) is 5.86. The smallest absolute Gasteiger partial charge is 0.245 e. The van der Waals surface area contributed by atoms with Crippen LogP contribution >= 0.6 is 11.6 Å². The van der Waals surface area contributed by atoms with Gasteiger partial charge in [0.05, 0.1) is 5.75 Å². The Morgan fingerprint density at radius 2 is 1.92 bits per heavy atom. The summed E-state index contributed by atoms with van der Waals surface area (Å²) in [5.74, 6) is -0.917. The number of rotatable bonds is 5. The van der Waals surface area contributed by atoms with Crippen molar-refractivity contribution in [3.8, 4) is 0 Å². The molecule has 2 aromatic carbocycles. The Morgan fingerprint density at radius 3 is 2.58 bits per heavy atom. The van der Waals surface area contributed by atoms with Crippen LogP contribution in [0, 0.1) is 12.7 Å². The summed E-state index contributed by atoms with van der Waals surface area (Å²) in [5, 5.41) is 0.523. The predicted molar refractivity (Wildman–Crippen MR) is 99.1 cm³/mol. The molecule has 0 radical (unpaired) electrons. The van der Waals surface area contributed by atoms with Crippen LogP contribution in [0.5, 0.6) is 0 Å². The fourth-order valence-electron chi connectivity index (χ4n) is 2.90. The maximum absolute atomic E-state index is 13.4.